The predicted molar refractivity (Wildman–Crippen MR) is 89.1 cm³/mol. The van der Waals surface area contributed by atoms with Gasteiger partial charge in [-0.15, -0.1) is 0 Å². The van der Waals surface area contributed by atoms with E-state index in [1.165, 1.54) is 12.1 Å². The standard InChI is InChI=1S/C15H14N2O3S2/c1-2-10-5-3-4-6-12(10)17-22(19,20)11-7-8-13-14(9-11)21-15(18)16-13/h3-9,17H,2H2,1H3,(H,16,18). The first-order valence-electron chi connectivity index (χ1n) is 6.73. The van der Waals surface area contributed by atoms with Crippen LogP contribution in [0.15, 0.2) is 52.2 Å². The van der Waals surface area contributed by atoms with E-state index in [2.05, 4.69) is 9.71 Å². The molecule has 7 heteroatoms. The van der Waals surface area contributed by atoms with Crippen LogP contribution in [0.4, 0.5) is 5.69 Å². The number of fused-ring (bicyclic) bond motifs is 1. The molecule has 3 rings (SSSR count). The van der Waals surface area contributed by atoms with Gasteiger partial charge in [-0.3, -0.25) is 9.52 Å². The number of nitrogens with one attached hydrogen (secondary N) is 2. The number of hydrogen-bond donors (Lipinski definition) is 2. The smallest absolute Gasteiger partial charge is 0.305 e. The molecule has 0 fully saturated rings. The molecule has 2 aromatic carbocycles. The summed E-state index contributed by atoms with van der Waals surface area (Å²) in [5, 5.41) is 0. The number of thiazole rings is 1. The number of aromatic nitrogens is 1. The lowest BCUT2D eigenvalue weighted by molar-refractivity contribution is 0.601. The zero-order valence-corrected chi connectivity index (χ0v) is 13.4. The minimum Gasteiger partial charge on any atom is -0.312 e. The SMILES string of the molecule is CCc1ccccc1NS(=O)(=O)c1ccc2[nH]c(=O)sc2c1. The molecule has 2 N–H and O–H groups in total. The number of rotatable bonds is 4. The fourth-order valence-corrected chi connectivity index (χ4v) is 4.20. The number of aromatic amines is 1. The van der Waals surface area contributed by atoms with Gasteiger partial charge in [-0.1, -0.05) is 36.5 Å². The molecule has 0 bridgehead atoms. The van der Waals surface area contributed by atoms with Crippen LogP contribution in [-0.4, -0.2) is 13.4 Å². The van der Waals surface area contributed by atoms with Gasteiger partial charge in [-0.25, -0.2) is 8.42 Å². The molecule has 0 spiro atoms. The number of anilines is 1. The average Bonchev–Trinajstić information content (AvgIpc) is 2.86. The van der Waals surface area contributed by atoms with Crippen molar-refractivity contribution in [3.05, 3.63) is 57.7 Å². The van der Waals surface area contributed by atoms with Crippen molar-refractivity contribution in [1.82, 2.24) is 4.98 Å². The molecule has 0 atom stereocenters. The van der Waals surface area contributed by atoms with Crippen LogP contribution >= 0.6 is 11.3 Å². The first-order valence-corrected chi connectivity index (χ1v) is 9.03. The molecular weight excluding hydrogens is 320 g/mol. The Kier molecular flexibility index (Phi) is 3.76. The lowest BCUT2D eigenvalue weighted by atomic mass is 10.1. The third-order valence-corrected chi connectivity index (χ3v) is 5.55. The van der Waals surface area contributed by atoms with Gasteiger partial charge >= 0.3 is 4.87 Å². The maximum absolute atomic E-state index is 12.5. The highest BCUT2D eigenvalue weighted by Gasteiger charge is 2.16. The van der Waals surface area contributed by atoms with E-state index in [1.54, 1.807) is 18.2 Å². The molecule has 0 amide bonds. The molecule has 0 aliphatic heterocycles. The van der Waals surface area contributed by atoms with E-state index >= 15 is 0 Å². The van der Waals surface area contributed by atoms with E-state index in [1.807, 2.05) is 19.1 Å². The van der Waals surface area contributed by atoms with Crippen molar-refractivity contribution in [2.75, 3.05) is 4.72 Å². The fraction of sp³-hybridized carbons (Fsp3) is 0.133. The molecule has 0 saturated heterocycles. The highest BCUT2D eigenvalue weighted by atomic mass is 32.2. The number of hydrogen-bond acceptors (Lipinski definition) is 4. The van der Waals surface area contributed by atoms with E-state index in [0.29, 0.717) is 15.9 Å². The van der Waals surface area contributed by atoms with Gasteiger partial charge in [0.25, 0.3) is 10.0 Å². The molecule has 0 unspecified atom stereocenters. The minimum absolute atomic E-state index is 0.140. The Morgan fingerprint density at radius 3 is 2.73 bits per heavy atom. The van der Waals surface area contributed by atoms with Crippen LogP contribution < -0.4 is 9.60 Å². The summed E-state index contributed by atoms with van der Waals surface area (Å²) >= 11 is 0.993. The zero-order valence-electron chi connectivity index (χ0n) is 11.8. The monoisotopic (exact) mass is 334 g/mol. The first kappa shape index (κ1) is 14.8. The van der Waals surface area contributed by atoms with Crippen LogP contribution in [0.5, 0.6) is 0 Å². The van der Waals surface area contributed by atoms with Gasteiger partial charge in [0.05, 0.1) is 20.8 Å². The van der Waals surface area contributed by atoms with Crippen LogP contribution in [0, 0.1) is 0 Å². The summed E-state index contributed by atoms with van der Waals surface area (Å²) in [6.45, 7) is 1.97. The van der Waals surface area contributed by atoms with Crippen LogP contribution in [0.1, 0.15) is 12.5 Å². The molecule has 1 heterocycles. The molecule has 5 nitrogen and oxygen atoms in total. The third kappa shape index (κ3) is 2.77. The number of aryl methyl sites for hydroxylation is 1. The quantitative estimate of drug-likeness (QED) is 0.770. The van der Waals surface area contributed by atoms with Crippen LogP contribution in [0.3, 0.4) is 0 Å². The number of para-hydroxylation sites is 1. The predicted octanol–water partition coefficient (Wildman–Crippen LogP) is 2.95. The molecule has 0 radical (unpaired) electrons. The van der Waals surface area contributed by atoms with Crippen LogP contribution in [-0.2, 0) is 16.4 Å². The Bertz CT molecular complexity index is 987. The Labute approximate surface area is 131 Å². The van der Waals surface area contributed by atoms with Crippen molar-refractivity contribution in [2.24, 2.45) is 0 Å². The van der Waals surface area contributed by atoms with Crippen molar-refractivity contribution in [3.63, 3.8) is 0 Å². The van der Waals surface area contributed by atoms with E-state index in [0.717, 1.165) is 23.3 Å². The van der Waals surface area contributed by atoms with E-state index in [4.69, 9.17) is 0 Å². The van der Waals surface area contributed by atoms with Gasteiger partial charge in [0.2, 0.25) is 0 Å². The third-order valence-electron chi connectivity index (χ3n) is 3.35. The summed E-state index contributed by atoms with van der Waals surface area (Å²) in [7, 11) is -3.69. The van der Waals surface area contributed by atoms with Gasteiger partial charge in [0, 0.05) is 0 Å². The summed E-state index contributed by atoms with van der Waals surface area (Å²) in [4.78, 5) is 13.9. The van der Waals surface area contributed by atoms with Crippen molar-refractivity contribution in [3.8, 4) is 0 Å². The van der Waals surface area contributed by atoms with Crippen molar-refractivity contribution in [2.45, 2.75) is 18.2 Å². The fourth-order valence-electron chi connectivity index (χ4n) is 2.22. The minimum atomic E-state index is -3.69. The Morgan fingerprint density at radius 1 is 1.18 bits per heavy atom. The summed E-state index contributed by atoms with van der Waals surface area (Å²) in [5.74, 6) is 0. The Morgan fingerprint density at radius 2 is 1.95 bits per heavy atom. The van der Waals surface area contributed by atoms with Crippen LogP contribution in [0.2, 0.25) is 0 Å². The lowest BCUT2D eigenvalue weighted by Crippen LogP contribution is -2.14. The summed E-state index contributed by atoms with van der Waals surface area (Å²) in [6.07, 6.45) is 0.733. The topological polar surface area (TPSA) is 79.0 Å². The molecule has 1 aromatic heterocycles. The van der Waals surface area contributed by atoms with Gasteiger partial charge in [-0.2, -0.15) is 0 Å². The summed E-state index contributed by atoms with van der Waals surface area (Å²) in [6, 6.07) is 11.9. The van der Waals surface area contributed by atoms with E-state index in [-0.39, 0.29) is 9.77 Å². The summed E-state index contributed by atoms with van der Waals surface area (Å²) in [5.41, 5.74) is 2.15. The van der Waals surface area contributed by atoms with E-state index in [9.17, 15) is 13.2 Å². The van der Waals surface area contributed by atoms with Crippen LogP contribution in [0.25, 0.3) is 10.2 Å². The molecule has 0 aliphatic rings. The highest BCUT2D eigenvalue weighted by Crippen LogP contribution is 2.23. The second kappa shape index (κ2) is 5.58. The second-order valence-electron chi connectivity index (χ2n) is 4.79. The Balaban J connectivity index is 2.02. The molecule has 0 aliphatic carbocycles. The zero-order chi connectivity index (χ0) is 15.7. The second-order valence-corrected chi connectivity index (χ2v) is 7.49. The number of H-pyrrole nitrogens is 1. The van der Waals surface area contributed by atoms with E-state index < -0.39 is 10.0 Å². The highest BCUT2D eigenvalue weighted by molar-refractivity contribution is 7.92. The number of sulfonamides is 1. The first-order chi connectivity index (χ1) is 10.5. The van der Waals surface area contributed by atoms with Crippen molar-refractivity contribution in [1.29, 1.82) is 0 Å². The maximum Gasteiger partial charge on any atom is 0.305 e. The van der Waals surface area contributed by atoms with Gasteiger partial charge in [0.1, 0.15) is 0 Å². The van der Waals surface area contributed by atoms with Gasteiger partial charge < -0.3 is 4.98 Å². The maximum atomic E-state index is 12.5. The lowest BCUT2D eigenvalue weighted by Gasteiger charge is -2.11. The largest absolute Gasteiger partial charge is 0.312 e. The molecule has 114 valence electrons. The van der Waals surface area contributed by atoms with Crippen molar-refractivity contribution >= 4 is 37.3 Å². The average molecular weight is 334 g/mol. The number of benzene rings is 2. The molecular formula is C15H14N2O3S2. The van der Waals surface area contributed by atoms with Crippen molar-refractivity contribution < 1.29 is 8.42 Å². The summed E-state index contributed by atoms with van der Waals surface area (Å²) < 4.78 is 28.3. The molecule has 3 aromatic rings. The van der Waals surface area contributed by atoms with Gasteiger partial charge in [-0.05, 0) is 36.2 Å². The molecule has 22 heavy (non-hydrogen) atoms. The Hall–Kier alpha value is -2.12. The normalized spacial score (nSPS) is 11.7. The molecule has 0 saturated carbocycles. The van der Waals surface area contributed by atoms with Gasteiger partial charge in [0.15, 0.2) is 0 Å².